The average molecular weight is 344 g/mol. The second-order valence-electron chi connectivity index (χ2n) is 6.67. The van der Waals surface area contributed by atoms with Crippen LogP contribution in [0.25, 0.3) is 0 Å². The van der Waals surface area contributed by atoms with Crippen molar-refractivity contribution in [2.24, 2.45) is 5.10 Å². The topological polar surface area (TPSA) is 45.8 Å². The summed E-state index contributed by atoms with van der Waals surface area (Å²) >= 11 is 0. The van der Waals surface area contributed by atoms with Crippen LogP contribution in [0.2, 0.25) is 0 Å². The van der Waals surface area contributed by atoms with E-state index in [9.17, 15) is 4.79 Å². The maximum Gasteiger partial charge on any atom is 0.274 e. The Balaban J connectivity index is 1.72. The monoisotopic (exact) mass is 344 g/mol. The standard InChI is InChI=1S/C22H20N2O2/c1-15-8-10-17(11-9-15)19-14-20(21-7-4-12-26-21)24(23-19)22(25)18-6-3-5-16(2)13-18/h3-13,20H,14H2,1-2H3. The number of rotatable bonds is 3. The Labute approximate surface area is 152 Å². The molecular weight excluding hydrogens is 324 g/mol. The van der Waals surface area contributed by atoms with Crippen LogP contribution in [-0.2, 0) is 0 Å². The third-order valence-electron chi connectivity index (χ3n) is 4.64. The SMILES string of the molecule is Cc1ccc(C2=NN(C(=O)c3cccc(C)c3)C(c3ccco3)C2)cc1. The van der Waals surface area contributed by atoms with Crippen LogP contribution in [0.1, 0.15) is 45.3 Å². The molecule has 0 spiro atoms. The van der Waals surface area contributed by atoms with Crippen molar-refractivity contribution in [1.29, 1.82) is 0 Å². The Morgan fingerprint density at radius 2 is 1.85 bits per heavy atom. The van der Waals surface area contributed by atoms with Gasteiger partial charge in [0.15, 0.2) is 0 Å². The zero-order chi connectivity index (χ0) is 18.1. The van der Waals surface area contributed by atoms with Crippen LogP contribution in [0.3, 0.4) is 0 Å². The summed E-state index contributed by atoms with van der Waals surface area (Å²) in [5.74, 6) is 0.633. The van der Waals surface area contributed by atoms with Gasteiger partial charge in [-0.25, -0.2) is 5.01 Å². The van der Waals surface area contributed by atoms with Crippen LogP contribution in [-0.4, -0.2) is 16.6 Å². The molecule has 3 aromatic rings. The molecule has 4 rings (SSSR count). The number of furan rings is 1. The molecule has 1 amide bonds. The number of carbonyl (C=O) groups is 1. The minimum Gasteiger partial charge on any atom is -0.467 e. The molecule has 4 heteroatoms. The van der Waals surface area contributed by atoms with Crippen molar-refractivity contribution in [2.75, 3.05) is 0 Å². The molecule has 0 saturated carbocycles. The van der Waals surface area contributed by atoms with Crippen LogP contribution in [0.15, 0.2) is 76.4 Å². The number of hydrazone groups is 1. The molecule has 0 aliphatic carbocycles. The summed E-state index contributed by atoms with van der Waals surface area (Å²) in [4.78, 5) is 13.1. The van der Waals surface area contributed by atoms with E-state index in [4.69, 9.17) is 4.42 Å². The van der Waals surface area contributed by atoms with Crippen LogP contribution in [0.5, 0.6) is 0 Å². The minimum absolute atomic E-state index is 0.114. The summed E-state index contributed by atoms with van der Waals surface area (Å²) in [6.45, 7) is 4.03. The summed E-state index contributed by atoms with van der Waals surface area (Å²) in [7, 11) is 0. The van der Waals surface area contributed by atoms with Gasteiger partial charge in [-0.1, -0.05) is 47.5 Å². The van der Waals surface area contributed by atoms with E-state index in [-0.39, 0.29) is 11.9 Å². The predicted molar refractivity (Wildman–Crippen MR) is 101 cm³/mol. The van der Waals surface area contributed by atoms with Gasteiger partial charge in [0.25, 0.3) is 5.91 Å². The largest absolute Gasteiger partial charge is 0.467 e. The summed E-state index contributed by atoms with van der Waals surface area (Å²) in [5, 5.41) is 6.23. The summed E-state index contributed by atoms with van der Waals surface area (Å²) in [6.07, 6.45) is 2.27. The van der Waals surface area contributed by atoms with E-state index >= 15 is 0 Å². The fourth-order valence-corrected chi connectivity index (χ4v) is 3.23. The Morgan fingerprint density at radius 1 is 1.04 bits per heavy atom. The van der Waals surface area contributed by atoms with E-state index in [1.807, 2.05) is 55.5 Å². The van der Waals surface area contributed by atoms with E-state index in [1.165, 1.54) is 5.56 Å². The third kappa shape index (κ3) is 3.06. The van der Waals surface area contributed by atoms with Crippen molar-refractivity contribution in [1.82, 2.24) is 5.01 Å². The molecule has 1 aliphatic heterocycles. The number of benzene rings is 2. The van der Waals surface area contributed by atoms with Gasteiger partial charge in [-0.2, -0.15) is 5.10 Å². The fraction of sp³-hybridized carbons (Fsp3) is 0.182. The fourth-order valence-electron chi connectivity index (χ4n) is 3.23. The number of amides is 1. The van der Waals surface area contributed by atoms with Crippen molar-refractivity contribution < 1.29 is 9.21 Å². The molecule has 0 bridgehead atoms. The molecule has 1 unspecified atom stereocenters. The van der Waals surface area contributed by atoms with Crippen LogP contribution < -0.4 is 0 Å². The van der Waals surface area contributed by atoms with Gasteiger partial charge in [0.2, 0.25) is 0 Å². The highest BCUT2D eigenvalue weighted by Gasteiger charge is 2.35. The number of nitrogens with zero attached hydrogens (tertiary/aromatic N) is 2. The van der Waals surface area contributed by atoms with E-state index < -0.39 is 0 Å². The molecule has 1 aliphatic rings. The van der Waals surface area contributed by atoms with Gasteiger partial charge >= 0.3 is 0 Å². The van der Waals surface area contributed by atoms with Gasteiger partial charge in [0.1, 0.15) is 11.8 Å². The van der Waals surface area contributed by atoms with E-state index in [0.29, 0.717) is 12.0 Å². The zero-order valence-corrected chi connectivity index (χ0v) is 14.8. The molecule has 2 aromatic carbocycles. The molecule has 1 aromatic heterocycles. The van der Waals surface area contributed by atoms with Crippen molar-refractivity contribution in [3.63, 3.8) is 0 Å². The van der Waals surface area contributed by atoms with E-state index in [1.54, 1.807) is 11.3 Å². The molecule has 0 fully saturated rings. The first-order valence-electron chi connectivity index (χ1n) is 8.70. The van der Waals surface area contributed by atoms with Crippen LogP contribution in [0, 0.1) is 13.8 Å². The predicted octanol–water partition coefficient (Wildman–Crippen LogP) is 4.89. The van der Waals surface area contributed by atoms with Gasteiger partial charge in [-0.3, -0.25) is 4.79 Å². The van der Waals surface area contributed by atoms with E-state index in [2.05, 4.69) is 24.2 Å². The first-order chi connectivity index (χ1) is 12.6. The lowest BCUT2D eigenvalue weighted by Crippen LogP contribution is -2.26. The number of hydrogen-bond donors (Lipinski definition) is 0. The smallest absolute Gasteiger partial charge is 0.274 e. The van der Waals surface area contributed by atoms with Gasteiger partial charge in [-0.05, 0) is 43.7 Å². The highest BCUT2D eigenvalue weighted by atomic mass is 16.3. The maximum absolute atomic E-state index is 13.1. The zero-order valence-electron chi connectivity index (χ0n) is 14.8. The first-order valence-corrected chi connectivity index (χ1v) is 8.70. The van der Waals surface area contributed by atoms with Gasteiger partial charge in [0.05, 0.1) is 12.0 Å². The molecule has 2 heterocycles. The maximum atomic E-state index is 13.1. The summed E-state index contributed by atoms with van der Waals surface area (Å²) < 4.78 is 5.59. The lowest BCUT2D eigenvalue weighted by atomic mass is 10.0. The van der Waals surface area contributed by atoms with Crippen molar-refractivity contribution >= 4 is 11.6 Å². The molecule has 0 N–H and O–H groups in total. The highest BCUT2D eigenvalue weighted by Crippen LogP contribution is 2.34. The Kier molecular flexibility index (Phi) is 4.17. The first kappa shape index (κ1) is 16.3. The molecule has 26 heavy (non-hydrogen) atoms. The molecule has 0 saturated heterocycles. The number of carbonyl (C=O) groups excluding carboxylic acids is 1. The van der Waals surface area contributed by atoms with Gasteiger partial charge in [0, 0.05) is 12.0 Å². The lowest BCUT2D eigenvalue weighted by Gasteiger charge is -2.20. The molecule has 130 valence electrons. The second kappa shape index (κ2) is 6.64. The van der Waals surface area contributed by atoms with Crippen molar-refractivity contribution in [3.05, 3.63) is 94.9 Å². The van der Waals surface area contributed by atoms with Gasteiger partial charge in [-0.15, -0.1) is 0 Å². The third-order valence-corrected chi connectivity index (χ3v) is 4.64. The van der Waals surface area contributed by atoms with Crippen molar-refractivity contribution in [3.8, 4) is 0 Å². The van der Waals surface area contributed by atoms with E-state index in [0.717, 1.165) is 22.6 Å². The molecule has 1 atom stereocenters. The van der Waals surface area contributed by atoms with Crippen molar-refractivity contribution in [2.45, 2.75) is 26.3 Å². The number of hydrogen-bond acceptors (Lipinski definition) is 3. The lowest BCUT2D eigenvalue weighted by molar-refractivity contribution is 0.0692. The molecule has 4 nitrogen and oxygen atoms in total. The summed E-state index contributed by atoms with van der Waals surface area (Å²) in [6, 6.07) is 19.3. The summed E-state index contributed by atoms with van der Waals surface area (Å²) in [5.41, 5.74) is 4.81. The van der Waals surface area contributed by atoms with Crippen LogP contribution >= 0.6 is 0 Å². The normalized spacial score (nSPS) is 16.6. The number of aryl methyl sites for hydroxylation is 2. The Bertz CT molecular complexity index is 956. The Hall–Kier alpha value is -3.14. The highest BCUT2D eigenvalue weighted by molar-refractivity contribution is 6.05. The van der Waals surface area contributed by atoms with Gasteiger partial charge < -0.3 is 4.42 Å². The van der Waals surface area contributed by atoms with Crippen LogP contribution in [0.4, 0.5) is 0 Å². The Morgan fingerprint density at radius 3 is 2.54 bits per heavy atom. The molecule has 0 radical (unpaired) electrons. The second-order valence-corrected chi connectivity index (χ2v) is 6.67. The quantitative estimate of drug-likeness (QED) is 0.679. The minimum atomic E-state index is -0.227. The molecular formula is C22H20N2O2. The average Bonchev–Trinajstić information content (AvgIpc) is 3.31.